The van der Waals surface area contributed by atoms with Crippen molar-refractivity contribution < 1.29 is 9.66 Å². The Labute approximate surface area is 141 Å². The third-order valence-electron chi connectivity index (χ3n) is 3.14. The van der Waals surface area contributed by atoms with E-state index >= 15 is 0 Å². The minimum absolute atomic E-state index is 0.113. The lowest BCUT2D eigenvalue weighted by molar-refractivity contribution is -0.385. The van der Waals surface area contributed by atoms with Crippen molar-refractivity contribution >= 4 is 34.6 Å². The Bertz CT molecular complexity index is 775. The van der Waals surface area contributed by atoms with Crippen molar-refractivity contribution in [2.75, 3.05) is 42.3 Å². The third kappa shape index (κ3) is 4.19. The summed E-state index contributed by atoms with van der Waals surface area (Å²) in [6.07, 6.45) is 0. The number of aromatic nitrogens is 2. The van der Waals surface area contributed by atoms with E-state index in [9.17, 15) is 15.0 Å². The van der Waals surface area contributed by atoms with Gasteiger partial charge in [-0.2, -0.15) is 9.97 Å². The van der Waals surface area contributed by atoms with E-state index in [0.29, 0.717) is 18.8 Å². The number of nitro groups is 1. The molecule has 132 valence electrons. The van der Waals surface area contributed by atoms with Gasteiger partial charge in [-0.15, -0.1) is 4.91 Å². The van der Waals surface area contributed by atoms with Crippen LogP contribution >= 0.6 is 0 Å². The molecule has 0 aliphatic heterocycles. The van der Waals surface area contributed by atoms with Gasteiger partial charge < -0.3 is 26.8 Å². The average molecular weight is 348 g/mol. The van der Waals surface area contributed by atoms with Crippen LogP contribution in [0.5, 0.6) is 5.75 Å². The molecule has 0 spiro atoms. The summed E-state index contributed by atoms with van der Waals surface area (Å²) in [4.78, 5) is 28.6. The smallest absolute Gasteiger partial charge is 0.311 e. The number of ether oxygens (including phenoxy) is 1. The molecule has 0 fully saturated rings. The van der Waals surface area contributed by atoms with Gasteiger partial charge in [0.2, 0.25) is 5.95 Å². The molecule has 0 saturated carbocycles. The number of nitroso groups, excluding NO2 is 1. The number of methoxy groups -OCH3 is 1. The van der Waals surface area contributed by atoms with Gasteiger partial charge in [-0.1, -0.05) is 0 Å². The number of anilines is 4. The largest absolute Gasteiger partial charge is 0.490 e. The Morgan fingerprint density at radius 1 is 1.24 bits per heavy atom. The first kappa shape index (κ1) is 17.7. The van der Waals surface area contributed by atoms with Crippen LogP contribution in [-0.4, -0.2) is 35.1 Å². The number of hydrogen-bond acceptors (Lipinski definition) is 11. The summed E-state index contributed by atoms with van der Waals surface area (Å²) in [6.45, 7) is 0.837. The standard InChI is InChI=1S/C13H16N8O4/c1-25-9-6-7(2-3-8(9)21(23)24)16-4-5-17-13-18-11(14)10(20-22)12(15)19-13/h2-3,6,16H,4-5H2,1H3,(H5,14,15,17,18,19). The number of hydrogen-bond donors (Lipinski definition) is 4. The van der Waals surface area contributed by atoms with Crippen molar-refractivity contribution in [1.82, 2.24) is 9.97 Å². The highest BCUT2D eigenvalue weighted by Gasteiger charge is 2.14. The molecule has 6 N–H and O–H groups in total. The number of nitrogens with one attached hydrogen (secondary N) is 2. The van der Waals surface area contributed by atoms with Gasteiger partial charge in [-0.3, -0.25) is 10.1 Å². The van der Waals surface area contributed by atoms with Gasteiger partial charge in [0.25, 0.3) is 0 Å². The molecule has 0 bridgehead atoms. The second-order valence-electron chi connectivity index (χ2n) is 4.75. The van der Waals surface area contributed by atoms with Crippen LogP contribution in [0.1, 0.15) is 0 Å². The van der Waals surface area contributed by atoms with Gasteiger partial charge in [-0.25, -0.2) is 0 Å². The van der Waals surface area contributed by atoms with Crippen LogP contribution in [0.2, 0.25) is 0 Å². The predicted octanol–water partition coefficient (Wildman–Crippen LogP) is 1.48. The maximum atomic E-state index is 10.8. The molecule has 0 amide bonds. The fourth-order valence-corrected chi connectivity index (χ4v) is 1.98. The van der Waals surface area contributed by atoms with Crippen molar-refractivity contribution in [2.24, 2.45) is 5.18 Å². The topological polar surface area (TPSA) is 184 Å². The van der Waals surface area contributed by atoms with E-state index in [1.807, 2.05) is 0 Å². The molecule has 0 aliphatic rings. The molecule has 12 nitrogen and oxygen atoms in total. The van der Waals surface area contributed by atoms with Crippen LogP contribution in [0.3, 0.4) is 0 Å². The highest BCUT2D eigenvalue weighted by molar-refractivity contribution is 5.71. The third-order valence-corrected chi connectivity index (χ3v) is 3.14. The fourth-order valence-electron chi connectivity index (χ4n) is 1.98. The lowest BCUT2D eigenvalue weighted by Gasteiger charge is -2.10. The van der Waals surface area contributed by atoms with Crippen LogP contribution < -0.4 is 26.8 Å². The van der Waals surface area contributed by atoms with Gasteiger partial charge >= 0.3 is 5.69 Å². The summed E-state index contributed by atoms with van der Waals surface area (Å²) in [5, 5.41) is 19.4. The van der Waals surface area contributed by atoms with Crippen LogP contribution in [0.4, 0.5) is 34.6 Å². The normalized spacial score (nSPS) is 10.1. The maximum Gasteiger partial charge on any atom is 0.311 e. The van der Waals surface area contributed by atoms with E-state index in [0.717, 1.165) is 0 Å². The zero-order valence-corrected chi connectivity index (χ0v) is 13.2. The molecule has 25 heavy (non-hydrogen) atoms. The number of nitrogens with zero attached hydrogens (tertiary/aromatic N) is 4. The second-order valence-corrected chi connectivity index (χ2v) is 4.75. The fraction of sp³-hybridized carbons (Fsp3) is 0.231. The van der Waals surface area contributed by atoms with Crippen molar-refractivity contribution in [3.63, 3.8) is 0 Å². The molecule has 0 aliphatic carbocycles. The van der Waals surface area contributed by atoms with E-state index < -0.39 is 4.92 Å². The number of nitrogen functional groups attached to an aromatic ring is 2. The summed E-state index contributed by atoms with van der Waals surface area (Å²) in [5.41, 5.74) is 11.4. The van der Waals surface area contributed by atoms with Crippen LogP contribution in [0.25, 0.3) is 0 Å². The van der Waals surface area contributed by atoms with Crippen molar-refractivity contribution in [2.45, 2.75) is 0 Å². The Hall–Kier alpha value is -3.70. The molecule has 2 rings (SSSR count). The van der Waals surface area contributed by atoms with E-state index in [4.69, 9.17) is 16.2 Å². The van der Waals surface area contributed by atoms with Crippen molar-refractivity contribution in [3.05, 3.63) is 33.2 Å². The van der Waals surface area contributed by atoms with Crippen LogP contribution in [-0.2, 0) is 0 Å². The molecule has 2 aromatic rings. The second kappa shape index (κ2) is 7.72. The molecule has 1 aromatic heterocycles. The molecule has 1 heterocycles. The summed E-state index contributed by atoms with van der Waals surface area (Å²) in [6, 6.07) is 4.44. The lowest BCUT2D eigenvalue weighted by Crippen LogP contribution is -2.16. The summed E-state index contributed by atoms with van der Waals surface area (Å²) in [7, 11) is 1.36. The summed E-state index contributed by atoms with van der Waals surface area (Å²) in [5.74, 6) is 0.0883. The Balaban J connectivity index is 1.93. The van der Waals surface area contributed by atoms with E-state index in [-0.39, 0.29) is 34.7 Å². The van der Waals surface area contributed by atoms with Crippen LogP contribution in [0, 0.1) is 15.0 Å². The van der Waals surface area contributed by atoms with E-state index in [1.165, 1.54) is 19.2 Å². The quantitative estimate of drug-likeness (QED) is 0.236. The molecule has 0 radical (unpaired) electrons. The summed E-state index contributed by atoms with van der Waals surface area (Å²) < 4.78 is 4.99. The molecule has 0 atom stereocenters. The monoisotopic (exact) mass is 348 g/mol. The van der Waals surface area contributed by atoms with Crippen molar-refractivity contribution in [1.29, 1.82) is 0 Å². The lowest BCUT2D eigenvalue weighted by atomic mass is 10.2. The van der Waals surface area contributed by atoms with Gasteiger partial charge in [0.05, 0.1) is 12.0 Å². The number of nitrogens with two attached hydrogens (primary N) is 2. The minimum atomic E-state index is -0.520. The molecule has 0 unspecified atom stereocenters. The predicted molar refractivity (Wildman–Crippen MR) is 92.9 cm³/mol. The number of nitro benzene ring substituents is 1. The molecule has 0 saturated heterocycles. The first-order valence-electron chi connectivity index (χ1n) is 7.02. The molecular weight excluding hydrogens is 332 g/mol. The molecule has 1 aromatic carbocycles. The minimum Gasteiger partial charge on any atom is -0.490 e. The Morgan fingerprint density at radius 2 is 1.88 bits per heavy atom. The average Bonchev–Trinajstić information content (AvgIpc) is 2.58. The van der Waals surface area contributed by atoms with Gasteiger partial charge in [0, 0.05) is 30.9 Å². The highest BCUT2D eigenvalue weighted by Crippen LogP contribution is 2.29. The van der Waals surface area contributed by atoms with E-state index in [2.05, 4.69) is 25.8 Å². The first-order valence-corrected chi connectivity index (χ1v) is 7.02. The zero-order valence-electron chi connectivity index (χ0n) is 13.2. The highest BCUT2D eigenvalue weighted by atomic mass is 16.6. The van der Waals surface area contributed by atoms with Gasteiger partial charge in [-0.05, 0) is 11.2 Å². The number of rotatable bonds is 8. The SMILES string of the molecule is COc1cc(NCCNc2nc(N)c(N=O)c(N)n2)ccc1[N+](=O)[O-]. The number of benzene rings is 1. The maximum absolute atomic E-state index is 10.8. The van der Waals surface area contributed by atoms with Crippen molar-refractivity contribution in [3.8, 4) is 5.75 Å². The Kier molecular flexibility index (Phi) is 5.45. The molecule has 12 heteroatoms. The van der Waals surface area contributed by atoms with E-state index in [1.54, 1.807) is 6.07 Å². The molecular formula is C13H16N8O4. The Morgan fingerprint density at radius 3 is 2.44 bits per heavy atom. The first-order chi connectivity index (χ1) is 12.0. The van der Waals surface area contributed by atoms with Gasteiger partial charge in [0.1, 0.15) is 0 Å². The van der Waals surface area contributed by atoms with Gasteiger partial charge in [0.15, 0.2) is 23.1 Å². The summed E-state index contributed by atoms with van der Waals surface area (Å²) >= 11 is 0. The zero-order chi connectivity index (χ0) is 18.4. The van der Waals surface area contributed by atoms with Crippen LogP contribution in [0.15, 0.2) is 23.4 Å².